The van der Waals surface area contributed by atoms with Gasteiger partial charge in [-0.2, -0.15) is 0 Å². The molecule has 1 aromatic carbocycles. The molecule has 1 N–H and O–H groups in total. The molecule has 0 saturated heterocycles. The number of carbonyl (C=O) groups excluding carboxylic acids is 1. The van der Waals surface area contributed by atoms with E-state index < -0.39 is 0 Å². The van der Waals surface area contributed by atoms with E-state index >= 15 is 0 Å². The minimum Gasteiger partial charge on any atom is -0.325 e. The average Bonchev–Trinajstić information content (AvgIpc) is 3.10. The van der Waals surface area contributed by atoms with E-state index in [1.807, 2.05) is 42.6 Å². The molecule has 0 aliphatic heterocycles. The fourth-order valence-electron chi connectivity index (χ4n) is 2.58. The Morgan fingerprint density at radius 1 is 1.31 bits per heavy atom. The van der Waals surface area contributed by atoms with Crippen molar-refractivity contribution < 1.29 is 4.79 Å². The van der Waals surface area contributed by atoms with Crippen LogP contribution in [0, 0.1) is 6.92 Å². The van der Waals surface area contributed by atoms with Crippen LogP contribution in [0.2, 0.25) is 0 Å². The fraction of sp³-hybridized carbons (Fsp3) is 0.316. The summed E-state index contributed by atoms with van der Waals surface area (Å²) >= 11 is 2.72. The second kappa shape index (κ2) is 8.51. The Labute approximate surface area is 160 Å². The fourth-order valence-corrected chi connectivity index (χ4v) is 4.18. The predicted molar refractivity (Wildman–Crippen MR) is 109 cm³/mol. The monoisotopic (exact) mass is 387 g/mol. The smallest absolute Gasteiger partial charge is 0.272 e. The number of anilines is 1. The number of hydrogen-bond donors (Lipinski definition) is 1. The summed E-state index contributed by atoms with van der Waals surface area (Å²) in [6, 6.07) is 9.52. The minimum atomic E-state index is -0.106. The number of hydrogen-bond acceptors (Lipinski definition) is 5. The van der Waals surface area contributed by atoms with Crippen molar-refractivity contribution in [2.24, 2.45) is 0 Å². The summed E-state index contributed by atoms with van der Waals surface area (Å²) in [7, 11) is 0. The molecule has 0 atom stereocenters. The molecule has 3 rings (SSSR count). The molecule has 136 valence electrons. The predicted octanol–water partition coefficient (Wildman–Crippen LogP) is 4.30. The molecule has 0 unspecified atom stereocenters. The van der Waals surface area contributed by atoms with Crippen LogP contribution in [0.1, 0.15) is 25.3 Å². The summed E-state index contributed by atoms with van der Waals surface area (Å²) in [5, 5.41) is 5.40. The molecular formula is C19H21N3O2S2. The number of unbranched alkanes of at least 4 members (excludes halogenated alkanes) is 1. The zero-order valence-electron chi connectivity index (χ0n) is 14.8. The van der Waals surface area contributed by atoms with E-state index in [1.165, 1.54) is 23.1 Å². The van der Waals surface area contributed by atoms with Crippen LogP contribution >= 0.6 is 23.1 Å². The first-order valence-corrected chi connectivity index (χ1v) is 10.4. The van der Waals surface area contributed by atoms with Gasteiger partial charge in [-0.05, 0) is 36.4 Å². The van der Waals surface area contributed by atoms with Gasteiger partial charge in [0, 0.05) is 12.2 Å². The lowest BCUT2D eigenvalue weighted by molar-refractivity contribution is -0.113. The number of thioether (sulfide) groups is 1. The maximum Gasteiger partial charge on any atom is 0.272 e. The molecule has 0 fully saturated rings. The molecule has 3 aromatic rings. The quantitative estimate of drug-likeness (QED) is 0.485. The van der Waals surface area contributed by atoms with Gasteiger partial charge in [0.2, 0.25) is 5.91 Å². The summed E-state index contributed by atoms with van der Waals surface area (Å²) < 4.78 is 2.38. The SMILES string of the molecule is CCCCn1c(SCC(=O)Nc2ccccc2C)nc2ccsc2c1=O. The molecule has 0 spiro atoms. The van der Waals surface area contributed by atoms with Gasteiger partial charge in [-0.3, -0.25) is 14.2 Å². The first kappa shape index (κ1) is 18.7. The number of fused-ring (bicyclic) bond motifs is 1. The van der Waals surface area contributed by atoms with Crippen molar-refractivity contribution in [1.82, 2.24) is 9.55 Å². The van der Waals surface area contributed by atoms with Crippen LogP contribution < -0.4 is 10.9 Å². The van der Waals surface area contributed by atoms with Crippen molar-refractivity contribution in [2.45, 2.75) is 38.4 Å². The highest BCUT2D eigenvalue weighted by molar-refractivity contribution is 7.99. The van der Waals surface area contributed by atoms with Gasteiger partial charge in [-0.25, -0.2) is 4.98 Å². The van der Waals surface area contributed by atoms with Crippen LogP contribution in [0.4, 0.5) is 5.69 Å². The maximum atomic E-state index is 12.7. The summed E-state index contributed by atoms with van der Waals surface area (Å²) in [6.07, 6.45) is 1.90. The topological polar surface area (TPSA) is 64.0 Å². The van der Waals surface area contributed by atoms with Crippen LogP contribution in [0.15, 0.2) is 45.7 Å². The zero-order valence-corrected chi connectivity index (χ0v) is 16.5. The van der Waals surface area contributed by atoms with Crippen LogP contribution in [-0.2, 0) is 11.3 Å². The van der Waals surface area contributed by atoms with Crippen LogP contribution in [-0.4, -0.2) is 21.2 Å². The highest BCUT2D eigenvalue weighted by Crippen LogP contribution is 2.22. The normalized spacial score (nSPS) is 11.0. The van der Waals surface area contributed by atoms with Gasteiger partial charge in [0.25, 0.3) is 5.56 Å². The van der Waals surface area contributed by atoms with Gasteiger partial charge in [-0.15, -0.1) is 11.3 Å². The van der Waals surface area contributed by atoms with Crippen LogP contribution in [0.5, 0.6) is 0 Å². The summed E-state index contributed by atoms with van der Waals surface area (Å²) in [6.45, 7) is 4.67. The number of nitrogens with zero attached hydrogens (tertiary/aromatic N) is 2. The first-order valence-electron chi connectivity index (χ1n) is 8.56. The van der Waals surface area contributed by atoms with Gasteiger partial charge in [0.1, 0.15) is 4.70 Å². The number of rotatable bonds is 7. The van der Waals surface area contributed by atoms with Gasteiger partial charge >= 0.3 is 0 Å². The first-order chi connectivity index (χ1) is 12.6. The van der Waals surface area contributed by atoms with E-state index in [9.17, 15) is 9.59 Å². The second-order valence-corrected chi connectivity index (χ2v) is 7.85. The average molecular weight is 388 g/mol. The molecule has 0 aliphatic carbocycles. The van der Waals surface area contributed by atoms with E-state index in [-0.39, 0.29) is 17.2 Å². The number of benzene rings is 1. The number of carbonyl (C=O) groups is 1. The second-order valence-electron chi connectivity index (χ2n) is 5.99. The molecule has 0 radical (unpaired) electrons. The molecule has 26 heavy (non-hydrogen) atoms. The number of amides is 1. The number of aromatic nitrogens is 2. The highest BCUT2D eigenvalue weighted by Gasteiger charge is 2.14. The Morgan fingerprint density at radius 2 is 2.12 bits per heavy atom. The van der Waals surface area contributed by atoms with Gasteiger partial charge in [0.15, 0.2) is 5.16 Å². The number of aryl methyl sites for hydroxylation is 1. The van der Waals surface area contributed by atoms with Gasteiger partial charge in [0.05, 0.1) is 11.3 Å². The lowest BCUT2D eigenvalue weighted by atomic mass is 10.2. The summed E-state index contributed by atoms with van der Waals surface area (Å²) in [5.41, 5.74) is 2.51. The lowest BCUT2D eigenvalue weighted by Gasteiger charge is -2.12. The van der Waals surface area contributed by atoms with Crippen LogP contribution in [0.3, 0.4) is 0 Å². The Morgan fingerprint density at radius 3 is 2.88 bits per heavy atom. The van der Waals surface area contributed by atoms with E-state index in [0.29, 0.717) is 21.9 Å². The van der Waals surface area contributed by atoms with Gasteiger partial charge in [-0.1, -0.05) is 43.3 Å². The van der Waals surface area contributed by atoms with Crippen LogP contribution in [0.25, 0.3) is 10.2 Å². The third-order valence-electron chi connectivity index (χ3n) is 4.02. The molecule has 0 saturated carbocycles. The lowest BCUT2D eigenvalue weighted by Crippen LogP contribution is -2.23. The van der Waals surface area contributed by atoms with Crippen molar-refractivity contribution in [1.29, 1.82) is 0 Å². The molecular weight excluding hydrogens is 366 g/mol. The summed E-state index contributed by atoms with van der Waals surface area (Å²) in [5.74, 6) is 0.105. The van der Waals surface area contributed by atoms with Crippen molar-refractivity contribution in [3.63, 3.8) is 0 Å². The van der Waals surface area contributed by atoms with E-state index in [2.05, 4.69) is 17.2 Å². The summed E-state index contributed by atoms with van der Waals surface area (Å²) in [4.78, 5) is 29.6. The van der Waals surface area contributed by atoms with Gasteiger partial charge < -0.3 is 5.32 Å². The third-order valence-corrected chi connectivity index (χ3v) is 5.89. The Balaban J connectivity index is 1.78. The van der Waals surface area contributed by atoms with Crippen molar-refractivity contribution in [3.05, 3.63) is 51.6 Å². The molecule has 0 aliphatic rings. The molecule has 7 heteroatoms. The number of thiophene rings is 1. The molecule has 2 aromatic heterocycles. The molecule has 2 heterocycles. The van der Waals surface area contributed by atoms with Crippen molar-refractivity contribution >= 4 is 44.9 Å². The largest absolute Gasteiger partial charge is 0.325 e. The highest BCUT2D eigenvalue weighted by atomic mass is 32.2. The maximum absolute atomic E-state index is 12.7. The Hall–Kier alpha value is -2.12. The van der Waals surface area contributed by atoms with E-state index in [0.717, 1.165) is 24.1 Å². The third kappa shape index (κ3) is 4.16. The minimum absolute atomic E-state index is 0.0136. The van der Waals surface area contributed by atoms with E-state index in [4.69, 9.17) is 0 Å². The Kier molecular flexibility index (Phi) is 6.11. The number of nitrogens with one attached hydrogen (secondary N) is 1. The standard InChI is InChI=1S/C19H21N3O2S2/c1-3-4-10-22-18(24)17-15(9-11-25-17)21-19(22)26-12-16(23)20-14-8-6-5-7-13(14)2/h5-9,11H,3-4,10,12H2,1-2H3,(H,20,23). The zero-order chi connectivity index (χ0) is 18.5. The van der Waals surface area contributed by atoms with Crippen molar-refractivity contribution in [3.8, 4) is 0 Å². The molecule has 1 amide bonds. The molecule has 5 nitrogen and oxygen atoms in total. The van der Waals surface area contributed by atoms with E-state index in [1.54, 1.807) is 4.57 Å². The molecule has 0 bridgehead atoms. The Bertz CT molecular complexity index is 978. The number of para-hydroxylation sites is 1. The van der Waals surface area contributed by atoms with Crippen molar-refractivity contribution in [2.75, 3.05) is 11.1 Å².